The molecular weight excluding hydrogens is 420 g/mol. The summed E-state index contributed by atoms with van der Waals surface area (Å²) in [6.45, 7) is 3.41. The highest BCUT2D eigenvalue weighted by Gasteiger charge is 2.28. The van der Waals surface area contributed by atoms with Gasteiger partial charge in [-0.25, -0.2) is 0 Å². The van der Waals surface area contributed by atoms with Gasteiger partial charge >= 0.3 is 0 Å². The quantitative estimate of drug-likeness (QED) is 0.558. The number of hydrogen-bond donors (Lipinski definition) is 1. The minimum absolute atomic E-state index is 0.146. The smallest absolute Gasteiger partial charge is 0.265 e. The van der Waals surface area contributed by atoms with Crippen LogP contribution < -0.4 is 19.7 Å². The van der Waals surface area contributed by atoms with Crippen LogP contribution in [0, 0.1) is 13.8 Å². The van der Waals surface area contributed by atoms with Gasteiger partial charge in [0.15, 0.2) is 19.0 Å². The number of fused-ring (bicyclic) bond motifs is 1. The van der Waals surface area contributed by atoms with Crippen LogP contribution in [-0.4, -0.2) is 37.4 Å². The summed E-state index contributed by atoms with van der Waals surface area (Å²) in [6.07, 6.45) is 0. The summed E-state index contributed by atoms with van der Waals surface area (Å²) >= 11 is 0. The van der Waals surface area contributed by atoms with E-state index < -0.39 is 0 Å². The molecular formula is C26H24N2O5. The number of ketones is 1. The Balaban J connectivity index is 1.49. The van der Waals surface area contributed by atoms with Gasteiger partial charge in [0, 0.05) is 11.3 Å². The van der Waals surface area contributed by atoms with Crippen molar-refractivity contribution in [2.45, 2.75) is 13.8 Å². The molecule has 0 spiro atoms. The molecule has 7 nitrogen and oxygen atoms in total. The second-order valence-corrected chi connectivity index (χ2v) is 7.78. The first-order valence-corrected chi connectivity index (χ1v) is 10.6. The van der Waals surface area contributed by atoms with Crippen LogP contribution in [0.4, 0.5) is 11.4 Å². The van der Waals surface area contributed by atoms with Gasteiger partial charge in [-0.15, -0.1) is 0 Å². The fraction of sp³-hybridized carbons (Fsp3) is 0.192. The highest BCUT2D eigenvalue weighted by molar-refractivity contribution is 6.06. The van der Waals surface area contributed by atoms with Crippen molar-refractivity contribution in [2.75, 3.05) is 30.0 Å². The molecule has 0 aliphatic carbocycles. The zero-order valence-electron chi connectivity index (χ0n) is 18.5. The third-order valence-corrected chi connectivity index (χ3v) is 5.50. The summed E-state index contributed by atoms with van der Waals surface area (Å²) in [5.41, 5.74) is 3.44. The van der Waals surface area contributed by atoms with E-state index in [-0.39, 0.29) is 37.4 Å². The molecule has 0 unspecified atom stereocenters. The lowest BCUT2D eigenvalue weighted by atomic mass is 10.1. The lowest BCUT2D eigenvalue weighted by Gasteiger charge is -2.29. The van der Waals surface area contributed by atoms with Crippen LogP contribution in [-0.2, 0) is 9.59 Å². The van der Waals surface area contributed by atoms with Crippen molar-refractivity contribution in [2.24, 2.45) is 0 Å². The number of para-hydroxylation sites is 1. The van der Waals surface area contributed by atoms with Crippen LogP contribution in [0.3, 0.4) is 0 Å². The molecule has 0 radical (unpaired) electrons. The molecule has 2 amide bonds. The van der Waals surface area contributed by atoms with E-state index >= 15 is 0 Å². The first-order chi connectivity index (χ1) is 15.9. The molecule has 1 N–H and O–H groups in total. The van der Waals surface area contributed by atoms with E-state index in [4.69, 9.17) is 9.47 Å². The predicted molar refractivity (Wildman–Crippen MR) is 125 cm³/mol. The van der Waals surface area contributed by atoms with Gasteiger partial charge in [-0.1, -0.05) is 30.3 Å². The van der Waals surface area contributed by atoms with E-state index in [0.717, 1.165) is 11.1 Å². The molecule has 1 aliphatic heterocycles. The van der Waals surface area contributed by atoms with Gasteiger partial charge in [-0.05, 0) is 61.4 Å². The Kier molecular flexibility index (Phi) is 6.40. The summed E-state index contributed by atoms with van der Waals surface area (Å²) in [6, 6.07) is 19.5. The summed E-state index contributed by atoms with van der Waals surface area (Å²) in [5, 5.41) is 2.77. The van der Waals surface area contributed by atoms with E-state index in [1.54, 1.807) is 30.3 Å². The molecule has 3 aromatic carbocycles. The third kappa shape index (κ3) is 5.03. The first kappa shape index (κ1) is 22.1. The Labute approximate surface area is 191 Å². The molecule has 1 heterocycles. The number of carbonyl (C=O) groups is 3. The van der Waals surface area contributed by atoms with Gasteiger partial charge in [0.1, 0.15) is 18.0 Å². The van der Waals surface area contributed by atoms with Crippen LogP contribution in [0.25, 0.3) is 0 Å². The molecule has 168 valence electrons. The molecule has 0 bridgehead atoms. The minimum atomic E-state index is -0.359. The normalized spacial score (nSPS) is 12.5. The van der Waals surface area contributed by atoms with Crippen LogP contribution >= 0.6 is 0 Å². The van der Waals surface area contributed by atoms with Crippen molar-refractivity contribution in [3.05, 3.63) is 83.4 Å². The molecule has 3 aromatic rings. The molecule has 7 heteroatoms. The fourth-order valence-electron chi connectivity index (χ4n) is 3.52. The topological polar surface area (TPSA) is 84.9 Å². The average molecular weight is 444 g/mol. The Bertz CT molecular complexity index is 1210. The zero-order chi connectivity index (χ0) is 23.4. The van der Waals surface area contributed by atoms with Gasteiger partial charge in [-0.3, -0.25) is 19.3 Å². The fourth-order valence-corrected chi connectivity index (χ4v) is 3.52. The van der Waals surface area contributed by atoms with E-state index in [1.165, 1.54) is 4.90 Å². The number of anilines is 2. The summed E-state index contributed by atoms with van der Waals surface area (Å²) in [5.74, 6) is 0.137. The summed E-state index contributed by atoms with van der Waals surface area (Å²) in [7, 11) is 0. The molecule has 4 rings (SSSR count). The Morgan fingerprint density at radius 3 is 2.61 bits per heavy atom. The number of ether oxygens (including phenoxy) is 2. The van der Waals surface area contributed by atoms with Crippen molar-refractivity contribution in [3.63, 3.8) is 0 Å². The first-order valence-electron chi connectivity index (χ1n) is 10.6. The lowest BCUT2D eigenvalue weighted by Crippen LogP contribution is -2.43. The third-order valence-electron chi connectivity index (χ3n) is 5.50. The van der Waals surface area contributed by atoms with Gasteiger partial charge in [0.2, 0.25) is 5.91 Å². The van der Waals surface area contributed by atoms with Crippen molar-refractivity contribution in [1.29, 1.82) is 0 Å². The number of amides is 2. The van der Waals surface area contributed by atoms with Gasteiger partial charge < -0.3 is 14.8 Å². The number of nitrogens with one attached hydrogen (secondary N) is 1. The molecule has 0 saturated carbocycles. The number of carbonyl (C=O) groups excluding carboxylic acids is 3. The van der Waals surface area contributed by atoms with E-state index in [0.29, 0.717) is 28.4 Å². The van der Waals surface area contributed by atoms with Gasteiger partial charge in [0.05, 0.1) is 5.69 Å². The number of Topliss-reactive ketones (excluding diaryl/α,β-unsaturated/α-hetero) is 1. The van der Waals surface area contributed by atoms with Crippen LogP contribution in [0.2, 0.25) is 0 Å². The molecule has 0 atom stereocenters. The van der Waals surface area contributed by atoms with E-state index in [9.17, 15) is 14.4 Å². The largest absolute Gasteiger partial charge is 0.485 e. The molecule has 0 fully saturated rings. The van der Waals surface area contributed by atoms with Crippen molar-refractivity contribution < 1.29 is 23.9 Å². The second kappa shape index (κ2) is 9.56. The second-order valence-electron chi connectivity index (χ2n) is 7.78. The van der Waals surface area contributed by atoms with Crippen LogP contribution in [0.1, 0.15) is 21.5 Å². The SMILES string of the molecule is Cc1cccc(OCC(=O)c2ccc3c(c2)N(CC(=O)Nc2ccccc2)C(=O)CO3)c1C. The minimum Gasteiger partial charge on any atom is -0.485 e. The number of benzene rings is 3. The molecule has 33 heavy (non-hydrogen) atoms. The highest BCUT2D eigenvalue weighted by Crippen LogP contribution is 2.33. The lowest BCUT2D eigenvalue weighted by molar-refractivity contribution is -0.123. The standard InChI is InChI=1S/C26H24N2O5/c1-17-7-6-10-23(18(17)2)32-15-22(29)19-11-12-24-21(13-19)28(26(31)16-33-24)14-25(30)27-20-8-4-3-5-9-20/h3-13H,14-16H2,1-2H3,(H,27,30). The van der Waals surface area contributed by atoms with Gasteiger partial charge in [-0.2, -0.15) is 0 Å². The summed E-state index contributed by atoms with van der Waals surface area (Å²) < 4.78 is 11.2. The van der Waals surface area contributed by atoms with Crippen molar-refractivity contribution >= 4 is 29.0 Å². The maximum Gasteiger partial charge on any atom is 0.265 e. The number of nitrogens with zero attached hydrogens (tertiary/aromatic N) is 1. The molecule has 0 saturated heterocycles. The Hall–Kier alpha value is -4.13. The van der Waals surface area contributed by atoms with Crippen molar-refractivity contribution in [3.8, 4) is 11.5 Å². The van der Waals surface area contributed by atoms with Gasteiger partial charge in [0.25, 0.3) is 5.91 Å². The summed E-state index contributed by atoms with van der Waals surface area (Å²) in [4.78, 5) is 39.2. The molecule has 1 aliphatic rings. The number of aryl methyl sites for hydroxylation is 1. The van der Waals surface area contributed by atoms with E-state index in [2.05, 4.69) is 5.32 Å². The van der Waals surface area contributed by atoms with E-state index in [1.807, 2.05) is 50.2 Å². The highest BCUT2D eigenvalue weighted by atomic mass is 16.5. The maximum atomic E-state index is 12.8. The van der Waals surface area contributed by atoms with Crippen molar-refractivity contribution in [1.82, 2.24) is 0 Å². The van der Waals surface area contributed by atoms with Crippen LogP contribution in [0.15, 0.2) is 66.7 Å². The predicted octanol–water partition coefficient (Wildman–Crippen LogP) is 3.93. The maximum absolute atomic E-state index is 12.8. The monoisotopic (exact) mass is 444 g/mol. The Morgan fingerprint density at radius 2 is 1.82 bits per heavy atom. The number of rotatable bonds is 7. The Morgan fingerprint density at radius 1 is 1.03 bits per heavy atom. The van der Waals surface area contributed by atoms with Crippen LogP contribution in [0.5, 0.6) is 11.5 Å². The molecule has 0 aromatic heterocycles. The zero-order valence-corrected chi connectivity index (χ0v) is 18.5. The average Bonchev–Trinajstić information content (AvgIpc) is 2.82. The number of hydrogen-bond acceptors (Lipinski definition) is 5.